The second-order valence-corrected chi connectivity index (χ2v) is 14.5. The lowest BCUT2D eigenvalue weighted by atomic mass is 9.95. The highest BCUT2D eigenvalue weighted by Crippen LogP contribution is 2.26. The summed E-state index contributed by atoms with van der Waals surface area (Å²) in [5.41, 5.74) is 8.54. The fraction of sp³-hybridized carbons (Fsp3) is 0.500. The molecule has 0 spiro atoms. The van der Waals surface area contributed by atoms with Crippen molar-refractivity contribution < 1.29 is 4.43 Å². The molecule has 0 unspecified atom stereocenters. The lowest BCUT2D eigenvalue weighted by Gasteiger charge is -2.32. The van der Waals surface area contributed by atoms with Crippen molar-refractivity contribution in [2.45, 2.75) is 98.5 Å². The Hall–Kier alpha value is -1.97. The first kappa shape index (κ1) is 27.3. The summed E-state index contributed by atoms with van der Waals surface area (Å²) in [6.07, 6.45) is 3.97. The molecule has 0 saturated heterocycles. The van der Waals surface area contributed by atoms with E-state index in [1.165, 1.54) is 51.5 Å². The van der Waals surface area contributed by atoms with Crippen LogP contribution < -0.4 is 0 Å². The number of aryl methyl sites for hydroxylation is 4. The Labute approximate surface area is 204 Å². The Morgan fingerprint density at radius 1 is 0.848 bits per heavy atom. The number of benzene rings is 2. The van der Waals surface area contributed by atoms with Gasteiger partial charge in [-0.2, -0.15) is 0 Å². The molecule has 33 heavy (non-hydrogen) atoms. The van der Waals surface area contributed by atoms with Crippen molar-refractivity contribution in [3.8, 4) is 0 Å². The number of hydrogen-bond acceptors (Lipinski definition) is 2. The van der Waals surface area contributed by atoms with Gasteiger partial charge in [-0.05, 0) is 89.9 Å². The summed E-state index contributed by atoms with van der Waals surface area (Å²) >= 11 is 0. The predicted molar refractivity (Wildman–Crippen MR) is 148 cm³/mol. The van der Waals surface area contributed by atoms with Gasteiger partial charge in [-0.3, -0.25) is 4.99 Å². The third-order valence-electron chi connectivity index (χ3n) is 6.73. The molecule has 0 amide bonds. The van der Waals surface area contributed by atoms with E-state index >= 15 is 0 Å². The number of nitrogens with zero attached hydrogens (tertiary/aromatic N) is 1. The van der Waals surface area contributed by atoms with Gasteiger partial charge in [0.2, 0.25) is 0 Å². The van der Waals surface area contributed by atoms with Gasteiger partial charge in [0.25, 0.3) is 0 Å². The minimum atomic E-state index is -1.64. The molecule has 0 heterocycles. The van der Waals surface area contributed by atoms with Gasteiger partial charge in [-0.1, -0.05) is 61.2 Å². The standard InChI is InChI=1S/C30H45NOSi/c1-10-14-29(21-26(9)32-33(11-2,12-3)13-4)31-30(27-17-22(5)15-23(6)18-27)28-19-24(7)16-25(8)20-28/h10,15-20,26,29H,1,11-14,21H2,2-9H3/t26-,29-/m1/s1. The molecule has 0 aliphatic heterocycles. The molecule has 3 heteroatoms. The Balaban J connectivity index is 2.50. The average Bonchev–Trinajstić information content (AvgIpc) is 2.74. The van der Waals surface area contributed by atoms with E-state index < -0.39 is 8.32 Å². The molecule has 0 aliphatic carbocycles. The first-order valence-corrected chi connectivity index (χ1v) is 15.2. The maximum Gasteiger partial charge on any atom is 0.192 e. The Morgan fingerprint density at radius 2 is 1.27 bits per heavy atom. The van der Waals surface area contributed by atoms with Gasteiger partial charge in [-0.25, -0.2) is 0 Å². The zero-order valence-corrected chi connectivity index (χ0v) is 23.3. The van der Waals surface area contributed by atoms with Crippen molar-refractivity contribution in [1.82, 2.24) is 0 Å². The molecule has 0 aliphatic rings. The summed E-state index contributed by atoms with van der Waals surface area (Å²) in [6.45, 7) is 21.8. The van der Waals surface area contributed by atoms with Crippen LogP contribution in [0.1, 0.15) is 73.9 Å². The van der Waals surface area contributed by atoms with Gasteiger partial charge in [0, 0.05) is 17.2 Å². The second kappa shape index (κ2) is 12.5. The topological polar surface area (TPSA) is 21.6 Å². The normalized spacial score (nSPS) is 13.5. The molecule has 180 valence electrons. The molecule has 0 saturated carbocycles. The molecule has 0 radical (unpaired) electrons. The molecule has 2 atom stereocenters. The van der Waals surface area contributed by atoms with Crippen LogP contribution in [0.5, 0.6) is 0 Å². The van der Waals surface area contributed by atoms with Gasteiger partial charge in [0.1, 0.15) is 0 Å². The van der Waals surface area contributed by atoms with E-state index in [1.807, 2.05) is 6.08 Å². The molecule has 0 fully saturated rings. The van der Waals surface area contributed by atoms with Gasteiger partial charge >= 0.3 is 0 Å². The summed E-state index contributed by atoms with van der Waals surface area (Å²) in [6, 6.07) is 17.2. The Kier molecular flexibility index (Phi) is 10.3. The predicted octanol–water partition coefficient (Wildman–Crippen LogP) is 8.50. The highest BCUT2D eigenvalue weighted by molar-refractivity contribution is 6.73. The average molecular weight is 464 g/mol. The van der Waals surface area contributed by atoms with Crippen LogP contribution in [0.4, 0.5) is 0 Å². The SMILES string of the molecule is C=CC[C@H](C[C@@H](C)O[Si](CC)(CC)CC)N=C(c1cc(C)cc(C)c1)c1cc(C)cc(C)c1. The van der Waals surface area contributed by atoms with E-state index in [1.54, 1.807) is 0 Å². The fourth-order valence-corrected chi connectivity index (χ4v) is 7.92. The maximum atomic E-state index is 6.77. The maximum absolute atomic E-state index is 6.77. The highest BCUT2D eigenvalue weighted by atomic mass is 28.4. The molecule has 2 rings (SSSR count). The third kappa shape index (κ3) is 7.79. The molecule has 0 aromatic heterocycles. The molecule has 0 N–H and O–H groups in total. The van der Waals surface area contributed by atoms with Crippen molar-refractivity contribution in [1.29, 1.82) is 0 Å². The van der Waals surface area contributed by atoms with E-state index in [-0.39, 0.29) is 12.1 Å². The summed E-state index contributed by atoms with van der Waals surface area (Å²) in [7, 11) is -1.64. The zero-order valence-electron chi connectivity index (χ0n) is 22.3. The largest absolute Gasteiger partial charge is 0.414 e. The van der Waals surface area contributed by atoms with Crippen LogP contribution in [-0.2, 0) is 4.43 Å². The van der Waals surface area contributed by atoms with Crippen molar-refractivity contribution in [2.24, 2.45) is 4.99 Å². The second-order valence-electron chi connectivity index (χ2n) is 9.82. The third-order valence-corrected chi connectivity index (χ3v) is 11.5. The minimum absolute atomic E-state index is 0.145. The summed E-state index contributed by atoms with van der Waals surface area (Å²) in [5.74, 6) is 0. The van der Waals surface area contributed by atoms with Crippen molar-refractivity contribution in [3.63, 3.8) is 0 Å². The highest BCUT2D eigenvalue weighted by Gasteiger charge is 2.31. The van der Waals surface area contributed by atoms with Gasteiger partial charge in [0.15, 0.2) is 8.32 Å². The smallest absolute Gasteiger partial charge is 0.192 e. The number of aliphatic imine (C=N–C) groups is 1. The van der Waals surface area contributed by atoms with Gasteiger partial charge < -0.3 is 4.43 Å². The monoisotopic (exact) mass is 463 g/mol. The van der Waals surface area contributed by atoms with Crippen molar-refractivity contribution in [3.05, 3.63) is 82.4 Å². The molecule has 2 aromatic carbocycles. The van der Waals surface area contributed by atoms with E-state index in [9.17, 15) is 0 Å². The van der Waals surface area contributed by atoms with Crippen LogP contribution in [0.3, 0.4) is 0 Å². The molecule has 0 bridgehead atoms. The van der Waals surface area contributed by atoms with Crippen LogP contribution in [0, 0.1) is 27.7 Å². The van der Waals surface area contributed by atoms with E-state index in [2.05, 4.69) is 98.4 Å². The summed E-state index contributed by atoms with van der Waals surface area (Å²) in [4.78, 5) is 5.40. The van der Waals surface area contributed by atoms with Crippen molar-refractivity contribution >= 4 is 14.0 Å². The minimum Gasteiger partial charge on any atom is -0.414 e. The lowest BCUT2D eigenvalue weighted by Crippen LogP contribution is -2.39. The first-order valence-electron chi connectivity index (χ1n) is 12.7. The Morgan fingerprint density at radius 3 is 1.64 bits per heavy atom. The molecular weight excluding hydrogens is 418 g/mol. The number of hydrogen-bond donors (Lipinski definition) is 0. The van der Waals surface area contributed by atoms with Crippen LogP contribution >= 0.6 is 0 Å². The summed E-state index contributed by atoms with van der Waals surface area (Å²) < 4.78 is 6.77. The Bertz CT molecular complexity index is 855. The first-order chi connectivity index (χ1) is 15.6. The van der Waals surface area contributed by atoms with Gasteiger partial charge in [0.05, 0.1) is 11.8 Å². The van der Waals surface area contributed by atoms with Crippen LogP contribution in [-0.4, -0.2) is 26.2 Å². The lowest BCUT2D eigenvalue weighted by molar-refractivity contribution is 0.186. The van der Waals surface area contributed by atoms with E-state index in [4.69, 9.17) is 9.42 Å². The fourth-order valence-electron chi connectivity index (χ4n) is 4.97. The van der Waals surface area contributed by atoms with E-state index in [0.29, 0.717) is 0 Å². The van der Waals surface area contributed by atoms with Gasteiger partial charge in [-0.15, -0.1) is 6.58 Å². The quantitative estimate of drug-likeness (QED) is 0.176. The summed E-state index contributed by atoms with van der Waals surface area (Å²) in [5, 5.41) is 0. The molecular formula is C30H45NOSi. The number of rotatable bonds is 12. The van der Waals surface area contributed by atoms with E-state index in [0.717, 1.165) is 18.6 Å². The van der Waals surface area contributed by atoms with Crippen LogP contribution in [0.2, 0.25) is 18.1 Å². The van der Waals surface area contributed by atoms with Crippen molar-refractivity contribution in [2.75, 3.05) is 0 Å². The van der Waals surface area contributed by atoms with Crippen LogP contribution in [0.15, 0.2) is 54.0 Å². The molecule has 2 aromatic rings. The zero-order chi connectivity index (χ0) is 24.6. The van der Waals surface area contributed by atoms with Crippen LogP contribution in [0.25, 0.3) is 0 Å². The molecule has 2 nitrogen and oxygen atoms in total.